The number of aromatic nitrogens is 1. The minimum atomic E-state index is -1.30. The van der Waals surface area contributed by atoms with Crippen LogP contribution in [0.1, 0.15) is 49.7 Å². The van der Waals surface area contributed by atoms with Gasteiger partial charge in [-0.1, -0.05) is 29.8 Å². The van der Waals surface area contributed by atoms with Gasteiger partial charge in [-0.15, -0.1) is 0 Å². The van der Waals surface area contributed by atoms with Crippen LogP contribution in [-0.2, 0) is 16.1 Å². The summed E-state index contributed by atoms with van der Waals surface area (Å²) in [6, 6.07) is 13.5. The maximum absolute atomic E-state index is 13.4. The van der Waals surface area contributed by atoms with Gasteiger partial charge in [0, 0.05) is 41.6 Å². The first-order chi connectivity index (χ1) is 18.0. The molecule has 1 aromatic heterocycles. The summed E-state index contributed by atoms with van der Waals surface area (Å²) in [6.07, 6.45) is 0.447. The molecule has 2 amide bonds. The van der Waals surface area contributed by atoms with Crippen LogP contribution in [0.25, 0.3) is 16.6 Å². The number of pyridine rings is 1. The maximum atomic E-state index is 13.4. The predicted octanol–water partition coefficient (Wildman–Crippen LogP) is 4.61. The Morgan fingerprint density at radius 1 is 1.08 bits per heavy atom. The molecule has 1 aliphatic heterocycles. The molecule has 0 saturated carbocycles. The van der Waals surface area contributed by atoms with Gasteiger partial charge < -0.3 is 24.6 Å². The smallest absolute Gasteiger partial charge is 0.410 e. The van der Waals surface area contributed by atoms with Gasteiger partial charge in [-0.05, 0) is 63.9 Å². The number of carbonyl (C=O) groups is 3. The monoisotopic (exact) mass is 539 g/mol. The van der Waals surface area contributed by atoms with Crippen LogP contribution in [0.4, 0.5) is 4.79 Å². The summed E-state index contributed by atoms with van der Waals surface area (Å²) in [5.74, 6) is -1.98. The number of para-hydroxylation sites is 1. The summed E-state index contributed by atoms with van der Waals surface area (Å²) in [6.45, 7) is 5.86. The van der Waals surface area contributed by atoms with Crippen molar-refractivity contribution >= 4 is 40.5 Å². The van der Waals surface area contributed by atoms with Gasteiger partial charge in [0.15, 0.2) is 5.43 Å². The minimum absolute atomic E-state index is 0.0317. The van der Waals surface area contributed by atoms with Crippen LogP contribution < -0.4 is 10.7 Å². The Labute approximate surface area is 225 Å². The highest BCUT2D eigenvalue weighted by Gasteiger charge is 2.30. The number of hydrogen-bond acceptors (Lipinski definition) is 5. The number of piperidine rings is 1. The first-order valence-electron chi connectivity index (χ1n) is 12.4. The van der Waals surface area contributed by atoms with Crippen LogP contribution in [0.3, 0.4) is 0 Å². The number of carboxylic acids is 1. The Balaban J connectivity index is 1.60. The lowest BCUT2D eigenvalue weighted by molar-refractivity contribution is -0.126. The number of halogens is 1. The molecule has 1 fully saturated rings. The van der Waals surface area contributed by atoms with Crippen LogP contribution in [0.5, 0.6) is 0 Å². The van der Waals surface area contributed by atoms with Crippen molar-refractivity contribution in [1.82, 2.24) is 14.8 Å². The number of rotatable bonds is 5. The molecule has 0 radical (unpaired) electrons. The van der Waals surface area contributed by atoms with Crippen LogP contribution in [0, 0.1) is 5.92 Å². The summed E-state index contributed by atoms with van der Waals surface area (Å²) >= 11 is 6.20. The second-order valence-electron chi connectivity index (χ2n) is 10.3. The van der Waals surface area contributed by atoms with Gasteiger partial charge in [-0.2, -0.15) is 0 Å². The highest BCUT2D eigenvalue weighted by Crippen LogP contribution is 2.25. The van der Waals surface area contributed by atoms with Gasteiger partial charge >= 0.3 is 12.1 Å². The minimum Gasteiger partial charge on any atom is -0.477 e. The van der Waals surface area contributed by atoms with Gasteiger partial charge in [0.1, 0.15) is 11.3 Å². The highest BCUT2D eigenvalue weighted by atomic mass is 35.5. The van der Waals surface area contributed by atoms with E-state index >= 15 is 0 Å². The first-order valence-corrected chi connectivity index (χ1v) is 12.8. The second kappa shape index (κ2) is 10.9. The van der Waals surface area contributed by atoms with Crippen molar-refractivity contribution in [2.45, 2.75) is 45.8 Å². The summed E-state index contributed by atoms with van der Waals surface area (Å²) in [5.41, 5.74) is -0.465. The van der Waals surface area contributed by atoms with Crippen molar-refractivity contribution in [1.29, 1.82) is 0 Å². The summed E-state index contributed by atoms with van der Waals surface area (Å²) in [7, 11) is 0. The Kier molecular flexibility index (Phi) is 7.78. The van der Waals surface area contributed by atoms with Crippen LogP contribution in [0.15, 0.2) is 53.3 Å². The zero-order valence-corrected chi connectivity index (χ0v) is 22.2. The number of amides is 2. The summed E-state index contributed by atoms with van der Waals surface area (Å²) < 4.78 is 6.88. The van der Waals surface area contributed by atoms with E-state index in [1.165, 1.54) is 4.57 Å². The first kappa shape index (κ1) is 27.2. The molecule has 0 atom stereocenters. The molecular weight excluding hydrogens is 510 g/mol. The van der Waals surface area contributed by atoms with Crippen molar-refractivity contribution in [2.24, 2.45) is 5.92 Å². The van der Waals surface area contributed by atoms with Crippen LogP contribution in [-0.4, -0.2) is 51.2 Å². The number of likely N-dealkylation sites (tertiary alicyclic amines) is 1. The number of hydrogen-bond donors (Lipinski definition) is 2. The fraction of sp³-hybridized carbons (Fsp3) is 0.357. The van der Waals surface area contributed by atoms with E-state index in [4.69, 9.17) is 16.3 Å². The lowest BCUT2D eigenvalue weighted by Gasteiger charge is -2.33. The number of benzene rings is 2. The molecule has 0 bridgehead atoms. The van der Waals surface area contributed by atoms with E-state index in [9.17, 15) is 24.3 Å². The third-order valence-corrected chi connectivity index (χ3v) is 6.64. The fourth-order valence-electron chi connectivity index (χ4n) is 4.61. The lowest BCUT2D eigenvalue weighted by Crippen LogP contribution is -2.45. The third-order valence-electron chi connectivity index (χ3n) is 6.40. The van der Waals surface area contributed by atoms with Crippen molar-refractivity contribution in [2.75, 3.05) is 13.1 Å². The molecule has 1 saturated heterocycles. The number of carboxylic acid groups (broad SMARTS) is 1. The topological polar surface area (TPSA) is 118 Å². The lowest BCUT2D eigenvalue weighted by atomic mass is 9.96. The van der Waals surface area contributed by atoms with E-state index in [1.54, 1.807) is 74.2 Å². The Bertz CT molecular complexity index is 1440. The van der Waals surface area contributed by atoms with Gasteiger partial charge in [0.25, 0.3) is 0 Å². The molecule has 0 unspecified atom stereocenters. The van der Waals surface area contributed by atoms with E-state index in [2.05, 4.69) is 5.32 Å². The fourth-order valence-corrected chi connectivity index (χ4v) is 4.78. The highest BCUT2D eigenvalue weighted by molar-refractivity contribution is 6.31. The van der Waals surface area contributed by atoms with E-state index in [-0.39, 0.29) is 35.0 Å². The third kappa shape index (κ3) is 5.83. The van der Waals surface area contributed by atoms with E-state index < -0.39 is 23.1 Å². The molecule has 0 spiro atoms. The molecule has 9 nitrogen and oxygen atoms in total. The van der Waals surface area contributed by atoms with E-state index in [1.807, 2.05) is 0 Å². The summed E-state index contributed by atoms with van der Waals surface area (Å²) in [5, 5.41) is 13.6. The van der Waals surface area contributed by atoms with Crippen molar-refractivity contribution < 1.29 is 24.2 Å². The zero-order valence-electron chi connectivity index (χ0n) is 21.5. The molecule has 2 heterocycles. The molecule has 38 heavy (non-hydrogen) atoms. The molecule has 2 N–H and O–H groups in total. The normalized spacial score (nSPS) is 14.4. The average molecular weight is 540 g/mol. The predicted molar refractivity (Wildman–Crippen MR) is 144 cm³/mol. The van der Waals surface area contributed by atoms with Gasteiger partial charge in [0.05, 0.1) is 11.1 Å². The zero-order chi connectivity index (χ0) is 27.6. The number of carbonyl (C=O) groups excluding carboxylic acids is 2. The molecule has 1 aliphatic rings. The molecule has 3 aromatic rings. The van der Waals surface area contributed by atoms with Crippen LogP contribution in [0.2, 0.25) is 5.02 Å². The van der Waals surface area contributed by atoms with E-state index in [0.717, 1.165) is 0 Å². The van der Waals surface area contributed by atoms with Crippen LogP contribution >= 0.6 is 11.6 Å². The molecular formula is C28H30ClN3O6. The molecule has 0 aliphatic carbocycles. The van der Waals surface area contributed by atoms with Gasteiger partial charge in [0.2, 0.25) is 5.91 Å². The van der Waals surface area contributed by atoms with Gasteiger partial charge in [-0.3, -0.25) is 9.59 Å². The molecule has 10 heteroatoms. The molecule has 200 valence electrons. The Morgan fingerprint density at radius 2 is 1.74 bits per heavy atom. The maximum Gasteiger partial charge on any atom is 0.410 e. The van der Waals surface area contributed by atoms with Crippen molar-refractivity contribution in [3.8, 4) is 5.69 Å². The van der Waals surface area contributed by atoms with E-state index in [0.29, 0.717) is 42.2 Å². The SMILES string of the molecule is CC(C)(C)OC(=O)N1CCC(C(=O)NCc2c(C(=O)O)n(-c3ccccc3)c3cc(Cl)ccc3c2=O)CC1. The van der Waals surface area contributed by atoms with Gasteiger partial charge in [-0.25, -0.2) is 9.59 Å². The number of aromatic carboxylic acids is 1. The van der Waals surface area contributed by atoms with Crippen molar-refractivity contribution in [3.63, 3.8) is 0 Å². The quantitative estimate of drug-likeness (QED) is 0.489. The number of fused-ring (bicyclic) bond motifs is 1. The largest absolute Gasteiger partial charge is 0.477 e. The average Bonchev–Trinajstić information content (AvgIpc) is 2.87. The second-order valence-corrected chi connectivity index (χ2v) is 10.7. The summed E-state index contributed by atoms with van der Waals surface area (Å²) in [4.78, 5) is 52.8. The number of nitrogens with one attached hydrogen (secondary N) is 1. The van der Waals surface area contributed by atoms with Crippen molar-refractivity contribution in [3.05, 3.63) is 75.0 Å². The molecule has 4 rings (SSSR count). The Morgan fingerprint density at radius 3 is 2.34 bits per heavy atom. The number of ether oxygens (including phenoxy) is 1. The molecule has 2 aromatic carbocycles. The Hall–Kier alpha value is -3.85. The number of nitrogens with zero attached hydrogens (tertiary/aromatic N) is 2. The standard InChI is InChI=1S/C28H30ClN3O6/c1-28(2,3)38-27(37)31-13-11-17(12-14-31)25(34)30-16-21-23(26(35)36)32(19-7-5-4-6-8-19)22-15-18(29)9-10-20(22)24(21)33/h4-10,15,17H,11-14,16H2,1-3H3,(H,30,34)(H,35,36).